The number of hydrogen-bond acceptors (Lipinski definition) is 3. The van der Waals surface area contributed by atoms with Gasteiger partial charge in [-0.3, -0.25) is 9.59 Å². The van der Waals surface area contributed by atoms with Gasteiger partial charge in [0, 0.05) is 0 Å². The highest BCUT2D eigenvalue weighted by molar-refractivity contribution is 6.33. The number of carbonyl (C=O) groups excluding carboxylic acids is 2. The zero-order valence-corrected chi connectivity index (χ0v) is 13.3. The molecule has 0 spiro atoms. The highest BCUT2D eigenvalue weighted by atomic mass is 35.5. The number of carbonyl (C=O) groups is 2. The van der Waals surface area contributed by atoms with E-state index in [-0.39, 0.29) is 11.9 Å². The molecule has 5 nitrogen and oxygen atoms in total. The summed E-state index contributed by atoms with van der Waals surface area (Å²) < 4.78 is 0. The fourth-order valence-corrected chi connectivity index (χ4v) is 2.79. The highest BCUT2D eigenvalue weighted by Gasteiger charge is 2.27. The van der Waals surface area contributed by atoms with E-state index in [0.717, 1.165) is 19.3 Å². The lowest BCUT2D eigenvalue weighted by Gasteiger charge is -2.29. The van der Waals surface area contributed by atoms with Gasteiger partial charge >= 0.3 is 0 Å². The summed E-state index contributed by atoms with van der Waals surface area (Å²) in [6, 6.07) is 5.75. The monoisotopic (exact) mass is 324 g/mol. The Morgan fingerprint density at radius 3 is 2.64 bits per heavy atom. The molecule has 0 bridgehead atoms. The Balaban J connectivity index is 1.91. The third kappa shape index (κ3) is 4.21. The second-order valence-corrected chi connectivity index (χ2v) is 6.05. The van der Waals surface area contributed by atoms with E-state index < -0.39 is 18.1 Å². The Hall–Kier alpha value is -1.59. The van der Waals surface area contributed by atoms with Crippen molar-refractivity contribution < 1.29 is 14.7 Å². The molecule has 1 aliphatic rings. The van der Waals surface area contributed by atoms with Crippen LogP contribution < -0.4 is 10.6 Å². The fraction of sp³-hybridized carbons (Fsp3) is 0.500. The second kappa shape index (κ2) is 7.61. The Morgan fingerprint density at radius 2 is 1.95 bits per heavy atom. The summed E-state index contributed by atoms with van der Waals surface area (Å²) >= 11 is 5.96. The van der Waals surface area contributed by atoms with E-state index in [0.29, 0.717) is 17.0 Å². The molecule has 3 atom stereocenters. The van der Waals surface area contributed by atoms with Gasteiger partial charge in [-0.25, -0.2) is 0 Å². The number of aliphatic hydroxyl groups excluding tert-OH is 1. The fourth-order valence-electron chi connectivity index (χ4n) is 2.57. The second-order valence-electron chi connectivity index (χ2n) is 5.64. The first-order valence-electron chi connectivity index (χ1n) is 7.53. The maximum Gasteiger partial charge on any atom is 0.253 e. The first-order valence-corrected chi connectivity index (χ1v) is 7.90. The lowest BCUT2D eigenvalue weighted by atomic mass is 9.92. The van der Waals surface area contributed by atoms with Crippen LogP contribution in [-0.4, -0.2) is 35.1 Å². The standard InChI is InChI=1S/C16H21ClN2O3/c1-10(15(21)19-13-8-4-5-9-14(13)20)18-16(22)11-6-2-3-7-12(11)17/h2-3,6-7,10,13-14,20H,4-5,8-9H2,1H3,(H,18,22)(H,19,21). The van der Waals surface area contributed by atoms with E-state index >= 15 is 0 Å². The number of benzene rings is 1. The van der Waals surface area contributed by atoms with Crippen molar-refractivity contribution in [3.05, 3.63) is 34.9 Å². The minimum atomic E-state index is -0.696. The molecule has 1 aliphatic carbocycles. The van der Waals surface area contributed by atoms with Gasteiger partial charge in [0.2, 0.25) is 5.91 Å². The van der Waals surface area contributed by atoms with Gasteiger partial charge < -0.3 is 15.7 Å². The number of nitrogens with one attached hydrogen (secondary N) is 2. The van der Waals surface area contributed by atoms with Crippen LogP contribution in [0.25, 0.3) is 0 Å². The lowest BCUT2D eigenvalue weighted by molar-refractivity contribution is -0.124. The van der Waals surface area contributed by atoms with Gasteiger partial charge in [0.05, 0.1) is 22.7 Å². The molecule has 120 valence electrons. The van der Waals surface area contributed by atoms with E-state index in [1.807, 2.05) is 0 Å². The van der Waals surface area contributed by atoms with Crippen molar-refractivity contribution >= 4 is 23.4 Å². The first-order chi connectivity index (χ1) is 10.5. The van der Waals surface area contributed by atoms with Gasteiger partial charge in [0.25, 0.3) is 5.91 Å². The van der Waals surface area contributed by atoms with Gasteiger partial charge in [0.15, 0.2) is 0 Å². The van der Waals surface area contributed by atoms with Crippen molar-refractivity contribution in [2.45, 2.75) is 50.8 Å². The van der Waals surface area contributed by atoms with Crippen LogP contribution in [0.3, 0.4) is 0 Å². The summed E-state index contributed by atoms with van der Waals surface area (Å²) in [7, 11) is 0. The summed E-state index contributed by atoms with van der Waals surface area (Å²) in [6.07, 6.45) is 2.92. The number of rotatable bonds is 4. The largest absolute Gasteiger partial charge is 0.391 e. The smallest absolute Gasteiger partial charge is 0.253 e. The van der Waals surface area contributed by atoms with Crippen molar-refractivity contribution in [2.75, 3.05) is 0 Å². The van der Waals surface area contributed by atoms with E-state index in [2.05, 4.69) is 10.6 Å². The Kier molecular flexibility index (Phi) is 5.80. The molecule has 0 heterocycles. The quantitative estimate of drug-likeness (QED) is 0.791. The molecule has 6 heteroatoms. The van der Waals surface area contributed by atoms with E-state index in [1.165, 1.54) is 0 Å². The maximum absolute atomic E-state index is 12.1. The van der Waals surface area contributed by atoms with Crippen molar-refractivity contribution in [1.29, 1.82) is 0 Å². The van der Waals surface area contributed by atoms with Crippen molar-refractivity contribution in [3.63, 3.8) is 0 Å². The molecule has 3 N–H and O–H groups in total. The number of halogens is 1. The van der Waals surface area contributed by atoms with Crippen molar-refractivity contribution in [3.8, 4) is 0 Å². The molecule has 0 saturated heterocycles. The molecule has 2 rings (SSSR count). The van der Waals surface area contributed by atoms with Crippen LogP contribution in [0.2, 0.25) is 5.02 Å². The summed E-state index contributed by atoms with van der Waals surface area (Å²) in [5, 5.41) is 15.6. The van der Waals surface area contributed by atoms with Gasteiger partial charge in [-0.05, 0) is 31.9 Å². The molecule has 2 amide bonds. The topological polar surface area (TPSA) is 78.4 Å². The lowest BCUT2D eigenvalue weighted by Crippen LogP contribution is -2.52. The average Bonchev–Trinajstić information content (AvgIpc) is 2.49. The van der Waals surface area contributed by atoms with Crippen LogP contribution in [0.1, 0.15) is 43.0 Å². The summed E-state index contributed by atoms with van der Waals surface area (Å²) in [5.41, 5.74) is 0.335. The van der Waals surface area contributed by atoms with Crippen molar-refractivity contribution in [2.24, 2.45) is 0 Å². The molecular formula is C16H21ClN2O3. The minimum Gasteiger partial charge on any atom is -0.391 e. The van der Waals surface area contributed by atoms with Crippen LogP contribution in [-0.2, 0) is 4.79 Å². The Bertz CT molecular complexity index is 550. The third-order valence-electron chi connectivity index (χ3n) is 3.92. The van der Waals surface area contributed by atoms with Gasteiger partial charge in [-0.1, -0.05) is 36.6 Å². The highest BCUT2D eigenvalue weighted by Crippen LogP contribution is 2.18. The molecule has 0 aromatic heterocycles. The Labute approximate surface area is 135 Å². The third-order valence-corrected chi connectivity index (χ3v) is 4.25. The molecule has 1 fully saturated rings. The van der Waals surface area contributed by atoms with Gasteiger partial charge in [0.1, 0.15) is 6.04 Å². The SMILES string of the molecule is CC(NC(=O)c1ccccc1Cl)C(=O)NC1CCCCC1O. The van der Waals surface area contributed by atoms with Crippen LogP contribution in [0.5, 0.6) is 0 Å². The van der Waals surface area contributed by atoms with Crippen LogP contribution >= 0.6 is 11.6 Å². The Morgan fingerprint density at radius 1 is 1.27 bits per heavy atom. The molecule has 3 unspecified atom stereocenters. The van der Waals surface area contributed by atoms with E-state index in [1.54, 1.807) is 31.2 Å². The minimum absolute atomic E-state index is 0.235. The van der Waals surface area contributed by atoms with E-state index in [9.17, 15) is 14.7 Å². The average molecular weight is 325 g/mol. The van der Waals surface area contributed by atoms with Gasteiger partial charge in [-0.15, -0.1) is 0 Å². The van der Waals surface area contributed by atoms with Crippen LogP contribution in [0.15, 0.2) is 24.3 Å². The molecule has 1 aromatic carbocycles. The first kappa shape index (κ1) is 16.8. The zero-order valence-electron chi connectivity index (χ0n) is 12.5. The summed E-state index contributed by atoms with van der Waals surface area (Å²) in [4.78, 5) is 24.3. The molecular weight excluding hydrogens is 304 g/mol. The summed E-state index contributed by atoms with van der Waals surface area (Å²) in [5.74, 6) is -0.691. The number of hydrogen-bond donors (Lipinski definition) is 3. The zero-order chi connectivity index (χ0) is 16.1. The predicted molar refractivity (Wildman–Crippen MR) is 84.8 cm³/mol. The molecule has 1 saturated carbocycles. The maximum atomic E-state index is 12.1. The molecule has 0 radical (unpaired) electrons. The molecule has 22 heavy (non-hydrogen) atoms. The molecule has 0 aliphatic heterocycles. The predicted octanol–water partition coefficient (Wildman–Crippen LogP) is 1.88. The van der Waals surface area contributed by atoms with Gasteiger partial charge in [-0.2, -0.15) is 0 Å². The normalized spacial score (nSPS) is 22.7. The number of aliphatic hydroxyl groups is 1. The van der Waals surface area contributed by atoms with Crippen LogP contribution in [0.4, 0.5) is 0 Å². The van der Waals surface area contributed by atoms with E-state index in [4.69, 9.17) is 11.6 Å². The van der Waals surface area contributed by atoms with Crippen LogP contribution in [0, 0.1) is 0 Å². The number of amides is 2. The van der Waals surface area contributed by atoms with Crippen molar-refractivity contribution in [1.82, 2.24) is 10.6 Å². The summed E-state index contributed by atoms with van der Waals surface area (Å²) in [6.45, 7) is 1.61. The molecule has 1 aromatic rings.